The summed E-state index contributed by atoms with van der Waals surface area (Å²) in [5.74, 6) is 0.316. The maximum Gasteiger partial charge on any atom is 0.313 e. The Morgan fingerprint density at radius 1 is 1.26 bits per heavy atom. The predicted molar refractivity (Wildman–Crippen MR) is 103 cm³/mol. The number of aliphatic hydroxyl groups excluding tert-OH is 1. The standard InChI is InChI=1S/C21H23ClO5/c1-20(2,19(24)25)13-5-7-15(8-6-13)26-11-12-9-14(22)10-16-17(12)27-21(3,4)18(16)23/h5-10,18,23H,11H2,1-4H3,(H,24,25). The molecule has 2 aromatic rings. The summed E-state index contributed by atoms with van der Waals surface area (Å²) in [5, 5.41) is 20.2. The van der Waals surface area contributed by atoms with Gasteiger partial charge in [0.25, 0.3) is 0 Å². The quantitative estimate of drug-likeness (QED) is 0.786. The number of carboxylic acid groups (broad SMARTS) is 1. The fourth-order valence-electron chi connectivity index (χ4n) is 3.05. The number of hydrogen-bond acceptors (Lipinski definition) is 4. The first-order valence-electron chi connectivity index (χ1n) is 8.68. The van der Waals surface area contributed by atoms with Crippen molar-refractivity contribution in [1.82, 2.24) is 0 Å². The van der Waals surface area contributed by atoms with Crippen molar-refractivity contribution in [2.45, 2.75) is 51.4 Å². The number of fused-ring (bicyclic) bond motifs is 1. The molecule has 0 bridgehead atoms. The molecule has 3 rings (SSSR count). The molecule has 1 unspecified atom stereocenters. The Morgan fingerprint density at radius 2 is 1.89 bits per heavy atom. The Labute approximate surface area is 163 Å². The van der Waals surface area contributed by atoms with Crippen molar-refractivity contribution in [2.75, 3.05) is 0 Å². The molecule has 2 aromatic carbocycles. The number of aliphatic carboxylic acids is 1. The fraction of sp³-hybridized carbons (Fsp3) is 0.381. The molecule has 144 valence electrons. The van der Waals surface area contributed by atoms with E-state index in [1.54, 1.807) is 50.2 Å². The molecule has 1 heterocycles. The number of carboxylic acids is 1. The zero-order valence-corrected chi connectivity index (χ0v) is 16.5. The summed E-state index contributed by atoms with van der Waals surface area (Å²) in [5.41, 5.74) is 0.397. The lowest BCUT2D eigenvalue weighted by Gasteiger charge is -2.22. The van der Waals surface area contributed by atoms with Crippen LogP contribution in [0.15, 0.2) is 36.4 Å². The lowest BCUT2D eigenvalue weighted by atomic mass is 9.85. The minimum atomic E-state index is -0.970. The highest BCUT2D eigenvalue weighted by molar-refractivity contribution is 6.30. The van der Waals surface area contributed by atoms with Crippen molar-refractivity contribution in [2.24, 2.45) is 0 Å². The molecule has 1 atom stereocenters. The van der Waals surface area contributed by atoms with E-state index < -0.39 is 23.1 Å². The summed E-state index contributed by atoms with van der Waals surface area (Å²) in [7, 11) is 0. The van der Waals surface area contributed by atoms with Gasteiger partial charge in [-0.2, -0.15) is 0 Å². The monoisotopic (exact) mass is 390 g/mol. The first-order chi connectivity index (χ1) is 12.5. The van der Waals surface area contributed by atoms with Gasteiger partial charge < -0.3 is 19.7 Å². The van der Waals surface area contributed by atoms with Gasteiger partial charge in [0.1, 0.15) is 29.8 Å². The van der Waals surface area contributed by atoms with Crippen LogP contribution in [-0.4, -0.2) is 21.8 Å². The van der Waals surface area contributed by atoms with Crippen LogP contribution < -0.4 is 9.47 Å². The summed E-state index contributed by atoms with van der Waals surface area (Å²) >= 11 is 6.19. The summed E-state index contributed by atoms with van der Waals surface area (Å²) in [6.07, 6.45) is -0.762. The lowest BCUT2D eigenvalue weighted by Crippen LogP contribution is -2.30. The third kappa shape index (κ3) is 3.62. The van der Waals surface area contributed by atoms with E-state index >= 15 is 0 Å². The number of hydrogen-bond donors (Lipinski definition) is 2. The zero-order chi connectivity index (χ0) is 20.0. The van der Waals surface area contributed by atoms with Gasteiger partial charge in [0.2, 0.25) is 0 Å². The van der Waals surface area contributed by atoms with E-state index in [0.717, 1.165) is 5.56 Å². The Hall–Kier alpha value is -2.24. The molecule has 5 nitrogen and oxygen atoms in total. The van der Waals surface area contributed by atoms with E-state index in [9.17, 15) is 15.0 Å². The van der Waals surface area contributed by atoms with Crippen LogP contribution in [0.25, 0.3) is 0 Å². The Morgan fingerprint density at radius 3 is 2.48 bits per heavy atom. The Balaban J connectivity index is 1.79. The molecule has 27 heavy (non-hydrogen) atoms. The molecule has 1 aliphatic heterocycles. The first kappa shape index (κ1) is 19.5. The van der Waals surface area contributed by atoms with Crippen molar-refractivity contribution in [1.29, 1.82) is 0 Å². The molecule has 0 aromatic heterocycles. The molecule has 1 aliphatic rings. The number of rotatable bonds is 5. The number of aliphatic hydroxyl groups is 1. The van der Waals surface area contributed by atoms with Gasteiger partial charge in [-0.25, -0.2) is 0 Å². The van der Waals surface area contributed by atoms with Crippen LogP contribution in [0, 0.1) is 0 Å². The number of halogens is 1. The smallest absolute Gasteiger partial charge is 0.313 e. The highest BCUT2D eigenvalue weighted by Crippen LogP contribution is 2.46. The van der Waals surface area contributed by atoms with Crippen LogP contribution in [0.1, 0.15) is 50.5 Å². The topological polar surface area (TPSA) is 76.0 Å². The van der Waals surface area contributed by atoms with Crippen LogP contribution >= 0.6 is 11.6 Å². The number of ether oxygens (including phenoxy) is 2. The van der Waals surface area contributed by atoms with Crippen LogP contribution in [-0.2, 0) is 16.8 Å². The van der Waals surface area contributed by atoms with Gasteiger partial charge in [0, 0.05) is 16.1 Å². The summed E-state index contributed by atoms with van der Waals surface area (Å²) in [6, 6.07) is 10.4. The maximum atomic E-state index is 11.4. The number of carbonyl (C=O) groups is 1. The van der Waals surface area contributed by atoms with E-state index in [1.165, 1.54) is 0 Å². The second-order valence-corrected chi connectivity index (χ2v) is 8.27. The van der Waals surface area contributed by atoms with Gasteiger partial charge in [-0.3, -0.25) is 4.79 Å². The van der Waals surface area contributed by atoms with Crippen molar-refractivity contribution in [3.05, 3.63) is 58.1 Å². The van der Waals surface area contributed by atoms with Crippen LogP contribution in [0.4, 0.5) is 0 Å². The van der Waals surface area contributed by atoms with Gasteiger partial charge in [0.05, 0.1) is 5.41 Å². The Kier molecular flexibility index (Phi) is 4.87. The van der Waals surface area contributed by atoms with Crippen LogP contribution in [0.3, 0.4) is 0 Å². The Bertz CT molecular complexity index is 871. The van der Waals surface area contributed by atoms with E-state index in [2.05, 4.69) is 0 Å². The SMILES string of the molecule is CC(C)(C(=O)O)c1ccc(OCc2cc(Cl)cc3c2OC(C)(C)C3O)cc1. The highest BCUT2D eigenvalue weighted by atomic mass is 35.5. The number of benzene rings is 2. The van der Waals surface area contributed by atoms with Crippen molar-refractivity contribution < 1.29 is 24.5 Å². The average Bonchev–Trinajstić information content (AvgIpc) is 2.83. The van der Waals surface area contributed by atoms with E-state index in [0.29, 0.717) is 27.6 Å². The van der Waals surface area contributed by atoms with E-state index in [4.69, 9.17) is 21.1 Å². The lowest BCUT2D eigenvalue weighted by molar-refractivity contribution is -0.142. The first-order valence-corrected chi connectivity index (χ1v) is 9.06. The molecular weight excluding hydrogens is 368 g/mol. The predicted octanol–water partition coefficient (Wildman–Crippen LogP) is 4.49. The molecule has 2 N–H and O–H groups in total. The average molecular weight is 391 g/mol. The fourth-order valence-corrected chi connectivity index (χ4v) is 3.30. The minimum Gasteiger partial charge on any atom is -0.489 e. The third-order valence-electron chi connectivity index (χ3n) is 4.98. The zero-order valence-electron chi connectivity index (χ0n) is 15.7. The second-order valence-electron chi connectivity index (χ2n) is 7.83. The van der Waals surface area contributed by atoms with E-state index in [1.807, 2.05) is 13.8 Å². The molecule has 0 amide bonds. The summed E-state index contributed by atoms with van der Waals surface area (Å²) < 4.78 is 11.8. The van der Waals surface area contributed by atoms with Crippen LogP contribution in [0.2, 0.25) is 5.02 Å². The minimum absolute atomic E-state index is 0.216. The van der Waals surface area contributed by atoms with Crippen LogP contribution in [0.5, 0.6) is 11.5 Å². The van der Waals surface area contributed by atoms with Gasteiger partial charge in [-0.1, -0.05) is 23.7 Å². The molecule has 0 spiro atoms. The molecule has 6 heteroatoms. The van der Waals surface area contributed by atoms with Gasteiger partial charge in [-0.15, -0.1) is 0 Å². The van der Waals surface area contributed by atoms with Crippen molar-refractivity contribution in [3.8, 4) is 11.5 Å². The summed E-state index contributed by atoms with van der Waals surface area (Å²) in [6.45, 7) is 7.17. The molecule has 0 aliphatic carbocycles. The van der Waals surface area contributed by atoms with Crippen molar-refractivity contribution in [3.63, 3.8) is 0 Å². The normalized spacial score (nSPS) is 17.9. The van der Waals surface area contributed by atoms with Crippen molar-refractivity contribution >= 4 is 17.6 Å². The molecular formula is C21H23ClO5. The molecule has 0 radical (unpaired) electrons. The van der Waals surface area contributed by atoms with Gasteiger partial charge in [0.15, 0.2) is 0 Å². The van der Waals surface area contributed by atoms with Gasteiger partial charge in [-0.05, 0) is 57.5 Å². The highest BCUT2D eigenvalue weighted by Gasteiger charge is 2.41. The summed E-state index contributed by atoms with van der Waals surface area (Å²) in [4.78, 5) is 11.4. The third-order valence-corrected chi connectivity index (χ3v) is 5.20. The largest absolute Gasteiger partial charge is 0.489 e. The second kappa shape index (κ2) is 6.73. The maximum absolute atomic E-state index is 11.4. The van der Waals surface area contributed by atoms with Gasteiger partial charge >= 0.3 is 5.97 Å². The molecule has 0 saturated carbocycles. The molecule has 0 saturated heterocycles. The molecule has 0 fully saturated rings. The van der Waals surface area contributed by atoms with E-state index in [-0.39, 0.29) is 6.61 Å².